The average Bonchev–Trinajstić information content (AvgIpc) is 2.87. The first kappa shape index (κ1) is 15.8. The molecule has 2 aliphatic carbocycles. The molecule has 3 N–H and O–H groups in total. The van der Waals surface area contributed by atoms with Crippen LogP contribution in [0.3, 0.4) is 0 Å². The summed E-state index contributed by atoms with van der Waals surface area (Å²) in [6, 6.07) is 0. The Morgan fingerprint density at radius 2 is 1.72 bits per heavy atom. The summed E-state index contributed by atoms with van der Waals surface area (Å²) in [5.74, 6) is 0.937. The number of amides is 1. The molecule has 4 heteroatoms. The van der Waals surface area contributed by atoms with Crippen molar-refractivity contribution < 1.29 is 4.79 Å². The molecule has 0 unspecified atom stereocenters. The lowest BCUT2D eigenvalue weighted by atomic mass is 9.84. The Kier molecular flexibility index (Phi) is 6.44. The summed E-state index contributed by atoms with van der Waals surface area (Å²) in [5, 5.41) is 3.17. The summed E-state index contributed by atoms with van der Waals surface area (Å²) < 4.78 is 0. The van der Waals surface area contributed by atoms with Crippen molar-refractivity contribution in [2.45, 2.75) is 57.8 Å². The van der Waals surface area contributed by atoms with Gasteiger partial charge < -0.3 is 11.1 Å². The third kappa shape index (κ3) is 3.61. The van der Waals surface area contributed by atoms with E-state index in [0.717, 1.165) is 32.2 Å². The van der Waals surface area contributed by atoms with Gasteiger partial charge in [-0.05, 0) is 31.6 Å². The van der Waals surface area contributed by atoms with Crippen LogP contribution in [-0.2, 0) is 4.79 Å². The minimum Gasteiger partial charge on any atom is -0.355 e. The highest BCUT2D eigenvalue weighted by atomic mass is 35.5. The summed E-state index contributed by atoms with van der Waals surface area (Å²) in [4.78, 5) is 12.2. The van der Waals surface area contributed by atoms with Gasteiger partial charge in [0, 0.05) is 13.1 Å². The fourth-order valence-corrected chi connectivity index (χ4v) is 3.39. The Labute approximate surface area is 117 Å². The average molecular weight is 275 g/mol. The number of nitrogens with two attached hydrogens (primary N) is 1. The second-order valence-electron chi connectivity index (χ2n) is 5.91. The predicted octanol–water partition coefficient (Wildman–Crippen LogP) is 2.62. The van der Waals surface area contributed by atoms with Crippen molar-refractivity contribution >= 4 is 18.3 Å². The Hall–Kier alpha value is -0.280. The third-order valence-corrected chi connectivity index (χ3v) is 4.71. The number of nitrogens with one attached hydrogen (secondary N) is 1. The molecule has 0 bridgehead atoms. The lowest BCUT2D eigenvalue weighted by molar-refractivity contribution is -0.130. The van der Waals surface area contributed by atoms with Crippen molar-refractivity contribution in [3.8, 4) is 0 Å². The summed E-state index contributed by atoms with van der Waals surface area (Å²) >= 11 is 0. The molecule has 1 amide bonds. The molecule has 0 aromatic carbocycles. The summed E-state index contributed by atoms with van der Waals surface area (Å²) in [6.07, 6.45) is 10.9. The van der Waals surface area contributed by atoms with E-state index in [9.17, 15) is 4.79 Å². The molecule has 0 heterocycles. The quantitative estimate of drug-likeness (QED) is 0.828. The van der Waals surface area contributed by atoms with Crippen LogP contribution in [-0.4, -0.2) is 19.0 Å². The predicted molar refractivity (Wildman–Crippen MR) is 76.8 cm³/mol. The first-order chi connectivity index (χ1) is 8.27. The highest BCUT2D eigenvalue weighted by molar-refractivity contribution is 5.85. The van der Waals surface area contributed by atoms with E-state index in [1.165, 1.54) is 32.1 Å². The van der Waals surface area contributed by atoms with Gasteiger partial charge in [-0.25, -0.2) is 0 Å². The van der Waals surface area contributed by atoms with Gasteiger partial charge in [0.1, 0.15) is 0 Å². The van der Waals surface area contributed by atoms with Crippen LogP contribution in [0.1, 0.15) is 57.8 Å². The molecule has 0 aromatic heterocycles. The van der Waals surface area contributed by atoms with Gasteiger partial charge in [0.05, 0.1) is 5.41 Å². The number of hydrogen-bond acceptors (Lipinski definition) is 2. The summed E-state index contributed by atoms with van der Waals surface area (Å²) in [5.41, 5.74) is 5.59. The number of carbonyl (C=O) groups is 1. The topological polar surface area (TPSA) is 55.1 Å². The van der Waals surface area contributed by atoms with Crippen LogP contribution in [0.2, 0.25) is 0 Å². The highest BCUT2D eigenvalue weighted by Gasteiger charge is 2.39. The normalized spacial score (nSPS) is 23.4. The molecule has 2 fully saturated rings. The van der Waals surface area contributed by atoms with E-state index in [1.54, 1.807) is 0 Å². The summed E-state index contributed by atoms with van der Waals surface area (Å²) in [6.45, 7) is 1.39. The first-order valence-corrected chi connectivity index (χ1v) is 7.25. The molecule has 2 saturated carbocycles. The van der Waals surface area contributed by atoms with Crippen molar-refractivity contribution in [1.82, 2.24) is 5.32 Å². The van der Waals surface area contributed by atoms with Crippen LogP contribution < -0.4 is 11.1 Å². The zero-order valence-electron chi connectivity index (χ0n) is 11.2. The van der Waals surface area contributed by atoms with Crippen molar-refractivity contribution in [2.24, 2.45) is 17.1 Å². The standard InChI is InChI=1S/C14H26N2O.ClH/c15-11-14(8-4-5-9-14)13(17)16-10-12-6-2-1-3-7-12;/h12H,1-11,15H2,(H,16,17);1H. The van der Waals surface area contributed by atoms with E-state index >= 15 is 0 Å². The second kappa shape index (κ2) is 7.34. The van der Waals surface area contributed by atoms with Crippen LogP contribution in [0.4, 0.5) is 0 Å². The molecular formula is C14H27ClN2O. The maximum Gasteiger partial charge on any atom is 0.227 e. The second-order valence-corrected chi connectivity index (χ2v) is 5.91. The monoisotopic (exact) mass is 274 g/mol. The van der Waals surface area contributed by atoms with E-state index in [1.807, 2.05) is 0 Å². The van der Waals surface area contributed by atoms with Crippen LogP contribution in [0.25, 0.3) is 0 Å². The third-order valence-electron chi connectivity index (χ3n) is 4.71. The van der Waals surface area contributed by atoms with Crippen molar-refractivity contribution in [1.29, 1.82) is 0 Å². The maximum atomic E-state index is 12.2. The molecule has 3 nitrogen and oxygen atoms in total. The molecular weight excluding hydrogens is 248 g/mol. The zero-order valence-corrected chi connectivity index (χ0v) is 12.1. The van der Waals surface area contributed by atoms with Gasteiger partial charge in [0.2, 0.25) is 5.91 Å². The van der Waals surface area contributed by atoms with E-state index in [2.05, 4.69) is 5.32 Å². The van der Waals surface area contributed by atoms with Crippen LogP contribution >= 0.6 is 12.4 Å². The molecule has 0 radical (unpaired) electrons. The Bertz CT molecular complexity index is 259. The largest absolute Gasteiger partial charge is 0.355 e. The minimum absolute atomic E-state index is 0. The Balaban J connectivity index is 0.00000162. The van der Waals surface area contributed by atoms with Gasteiger partial charge in [-0.1, -0.05) is 32.1 Å². The Morgan fingerprint density at radius 3 is 2.28 bits per heavy atom. The molecule has 0 aliphatic heterocycles. The molecule has 0 spiro atoms. The molecule has 106 valence electrons. The SMILES string of the molecule is Cl.NCC1(C(=O)NCC2CCCCC2)CCCC1. The molecule has 0 aromatic rings. The van der Waals surface area contributed by atoms with Crippen molar-refractivity contribution in [3.05, 3.63) is 0 Å². The fraction of sp³-hybridized carbons (Fsp3) is 0.929. The van der Waals surface area contributed by atoms with Gasteiger partial charge in [-0.3, -0.25) is 4.79 Å². The summed E-state index contributed by atoms with van der Waals surface area (Å²) in [7, 11) is 0. The lowest BCUT2D eigenvalue weighted by Crippen LogP contribution is -2.45. The Morgan fingerprint density at radius 1 is 1.11 bits per heavy atom. The van der Waals surface area contributed by atoms with Crippen LogP contribution in [0.15, 0.2) is 0 Å². The van der Waals surface area contributed by atoms with E-state index in [-0.39, 0.29) is 23.7 Å². The van der Waals surface area contributed by atoms with Gasteiger partial charge >= 0.3 is 0 Å². The first-order valence-electron chi connectivity index (χ1n) is 7.25. The van der Waals surface area contributed by atoms with Gasteiger partial charge in [-0.2, -0.15) is 0 Å². The molecule has 2 aliphatic rings. The minimum atomic E-state index is -0.228. The van der Waals surface area contributed by atoms with E-state index in [0.29, 0.717) is 12.5 Å². The number of hydrogen-bond donors (Lipinski definition) is 2. The zero-order chi connectivity index (χ0) is 12.1. The number of rotatable bonds is 4. The molecule has 2 rings (SSSR count). The lowest BCUT2D eigenvalue weighted by Gasteiger charge is -2.28. The smallest absolute Gasteiger partial charge is 0.227 e. The van der Waals surface area contributed by atoms with Gasteiger partial charge in [0.25, 0.3) is 0 Å². The molecule has 0 saturated heterocycles. The van der Waals surface area contributed by atoms with E-state index < -0.39 is 0 Å². The highest BCUT2D eigenvalue weighted by Crippen LogP contribution is 2.37. The van der Waals surface area contributed by atoms with Gasteiger partial charge in [0.15, 0.2) is 0 Å². The molecule has 0 atom stereocenters. The van der Waals surface area contributed by atoms with E-state index in [4.69, 9.17) is 5.73 Å². The number of carbonyl (C=O) groups excluding carboxylic acids is 1. The fourth-order valence-electron chi connectivity index (χ4n) is 3.39. The van der Waals surface area contributed by atoms with Crippen LogP contribution in [0, 0.1) is 11.3 Å². The number of halogens is 1. The molecule has 18 heavy (non-hydrogen) atoms. The maximum absolute atomic E-state index is 12.2. The van der Waals surface area contributed by atoms with Gasteiger partial charge in [-0.15, -0.1) is 12.4 Å². The van der Waals surface area contributed by atoms with Crippen molar-refractivity contribution in [3.63, 3.8) is 0 Å². The van der Waals surface area contributed by atoms with Crippen LogP contribution in [0.5, 0.6) is 0 Å². The van der Waals surface area contributed by atoms with Crippen molar-refractivity contribution in [2.75, 3.05) is 13.1 Å².